The summed E-state index contributed by atoms with van der Waals surface area (Å²) in [7, 11) is 1.62. The minimum Gasteiger partial charge on any atom is -0.454 e. The number of hydrogen-bond acceptors (Lipinski definition) is 8. The maximum atomic E-state index is 12.6. The lowest BCUT2D eigenvalue weighted by Crippen LogP contribution is -2.35. The van der Waals surface area contributed by atoms with Gasteiger partial charge in [0, 0.05) is 23.7 Å². The van der Waals surface area contributed by atoms with Crippen LogP contribution in [0, 0.1) is 13.8 Å². The lowest BCUT2D eigenvalue weighted by Gasteiger charge is -2.09. The van der Waals surface area contributed by atoms with E-state index in [0.717, 1.165) is 22.2 Å². The van der Waals surface area contributed by atoms with Crippen molar-refractivity contribution in [2.75, 3.05) is 17.9 Å². The van der Waals surface area contributed by atoms with Gasteiger partial charge in [-0.15, -0.1) is 11.3 Å². The Morgan fingerprint density at radius 1 is 1.27 bits per heavy atom. The van der Waals surface area contributed by atoms with Crippen molar-refractivity contribution in [1.82, 2.24) is 14.9 Å². The fourth-order valence-electron chi connectivity index (χ4n) is 2.91. The zero-order valence-electron chi connectivity index (χ0n) is 16.4. The van der Waals surface area contributed by atoms with Crippen molar-refractivity contribution in [2.24, 2.45) is 7.05 Å². The molecule has 0 spiro atoms. The number of amides is 3. The fourth-order valence-corrected chi connectivity index (χ4v) is 4.76. The number of hydrogen-bond donors (Lipinski definition) is 2. The number of carbonyl (C=O) groups is 2. The van der Waals surface area contributed by atoms with Gasteiger partial charge < -0.3 is 14.8 Å². The number of urea groups is 1. The van der Waals surface area contributed by atoms with Gasteiger partial charge in [0.1, 0.15) is 4.83 Å². The summed E-state index contributed by atoms with van der Waals surface area (Å²) in [6.07, 6.45) is 0. The normalized spacial score (nSPS) is 12.2. The van der Waals surface area contributed by atoms with Crippen LogP contribution in [0.3, 0.4) is 0 Å². The van der Waals surface area contributed by atoms with Gasteiger partial charge in [0.25, 0.3) is 5.56 Å². The second kappa shape index (κ2) is 8.00. The number of aromatic nitrogens is 2. The first kappa shape index (κ1) is 20.2. The van der Waals surface area contributed by atoms with Crippen LogP contribution in [0.5, 0.6) is 11.5 Å². The number of aryl methyl sites for hydroxylation is 2. The molecule has 0 fully saturated rings. The molecule has 4 rings (SSSR count). The Hall–Kier alpha value is -3.05. The topological polar surface area (TPSA) is 112 Å². The minimum atomic E-state index is -0.665. The number of anilines is 1. The number of imide groups is 1. The SMILES string of the molecule is Cc1sc2nc(SCC(=O)NC(=O)Nc3ccc4c(c3)OCO4)n(C)c(=O)c2c1C. The number of nitrogens with zero attached hydrogens (tertiary/aromatic N) is 2. The third-order valence-electron chi connectivity index (χ3n) is 4.59. The van der Waals surface area contributed by atoms with Gasteiger partial charge in [-0.25, -0.2) is 9.78 Å². The average molecular weight is 447 g/mol. The molecule has 0 radical (unpaired) electrons. The van der Waals surface area contributed by atoms with E-state index in [0.29, 0.717) is 32.6 Å². The molecule has 2 aromatic heterocycles. The quantitative estimate of drug-likeness (QED) is 0.468. The second-order valence-electron chi connectivity index (χ2n) is 6.58. The maximum Gasteiger partial charge on any atom is 0.325 e. The van der Waals surface area contributed by atoms with E-state index in [1.54, 1.807) is 25.2 Å². The zero-order valence-corrected chi connectivity index (χ0v) is 18.0. The Balaban J connectivity index is 1.38. The molecular weight excluding hydrogens is 428 g/mol. The van der Waals surface area contributed by atoms with Gasteiger partial charge >= 0.3 is 6.03 Å². The van der Waals surface area contributed by atoms with E-state index in [1.807, 2.05) is 13.8 Å². The molecule has 0 atom stereocenters. The number of nitrogens with one attached hydrogen (secondary N) is 2. The molecule has 3 aromatic rings. The minimum absolute atomic E-state index is 0.0658. The summed E-state index contributed by atoms with van der Waals surface area (Å²) in [4.78, 5) is 43.1. The fraction of sp³-hybridized carbons (Fsp3) is 0.263. The van der Waals surface area contributed by atoms with E-state index in [9.17, 15) is 14.4 Å². The van der Waals surface area contributed by atoms with Crippen LogP contribution in [0.25, 0.3) is 10.2 Å². The first-order valence-electron chi connectivity index (χ1n) is 8.93. The number of thioether (sulfide) groups is 1. The standard InChI is InChI=1S/C19H18N4O5S2/c1-9-10(2)30-16-15(9)17(25)23(3)19(22-16)29-7-14(24)21-18(26)20-11-4-5-12-13(6-11)28-8-27-12/h4-6H,7-8H2,1-3H3,(H2,20,21,24,26). The number of fused-ring (bicyclic) bond motifs is 2. The second-order valence-corrected chi connectivity index (χ2v) is 8.73. The molecule has 1 aliphatic heterocycles. The van der Waals surface area contributed by atoms with E-state index < -0.39 is 11.9 Å². The van der Waals surface area contributed by atoms with Crippen LogP contribution in [0.15, 0.2) is 28.2 Å². The zero-order chi connectivity index (χ0) is 21.4. The van der Waals surface area contributed by atoms with Crippen molar-refractivity contribution in [1.29, 1.82) is 0 Å². The van der Waals surface area contributed by atoms with Crippen molar-refractivity contribution >= 4 is 50.9 Å². The number of rotatable bonds is 4. The first-order valence-corrected chi connectivity index (χ1v) is 10.7. The summed E-state index contributed by atoms with van der Waals surface area (Å²) < 4.78 is 11.9. The summed E-state index contributed by atoms with van der Waals surface area (Å²) >= 11 is 2.54. The largest absolute Gasteiger partial charge is 0.454 e. The summed E-state index contributed by atoms with van der Waals surface area (Å²) in [5.41, 5.74) is 1.25. The van der Waals surface area contributed by atoms with Gasteiger partial charge in [-0.2, -0.15) is 0 Å². The van der Waals surface area contributed by atoms with E-state index in [2.05, 4.69) is 15.6 Å². The van der Waals surface area contributed by atoms with Crippen molar-refractivity contribution in [2.45, 2.75) is 19.0 Å². The Labute approximate surface area is 179 Å². The Morgan fingerprint density at radius 2 is 2.03 bits per heavy atom. The van der Waals surface area contributed by atoms with Gasteiger partial charge in [-0.1, -0.05) is 11.8 Å². The lowest BCUT2D eigenvalue weighted by molar-refractivity contribution is -0.117. The molecule has 11 heteroatoms. The van der Waals surface area contributed by atoms with Crippen LogP contribution < -0.4 is 25.7 Å². The lowest BCUT2D eigenvalue weighted by atomic mass is 10.2. The Bertz CT molecular complexity index is 1230. The predicted molar refractivity (Wildman–Crippen MR) is 115 cm³/mol. The van der Waals surface area contributed by atoms with Gasteiger partial charge in [0.05, 0.1) is 11.1 Å². The number of benzene rings is 1. The Kier molecular flexibility index (Phi) is 5.39. The molecule has 3 amide bonds. The third-order valence-corrected chi connectivity index (χ3v) is 6.72. The molecule has 0 saturated heterocycles. The number of ether oxygens (including phenoxy) is 2. The summed E-state index contributed by atoms with van der Waals surface area (Å²) in [6, 6.07) is 4.26. The third kappa shape index (κ3) is 3.85. The predicted octanol–water partition coefficient (Wildman–Crippen LogP) is 2.78. The van der Waals surface area contributed by atoms with E-state index in [4.69, 9.17) is 9.47 Å². The molecule has 2 N–H and O–H groups in total. The van der Waals surface area contributed by atoms with E-state index in [1.165, 1.54) is 15.9 Å². The van der Waals surface area contributed by atoms with Crippen LogP contribution in [0.1, 0.15) is 10.4 Å². The van der Waals surface area contributed by atoms with Crippen LogP contribution in [0.4, 0.5) is 10.5 Å². The number of thiophene rings is 1. The molecule has 0 unspecified atom stereocenters. The van der Waals surface area contributed by atoms with Crippen molar-refractivity contribution in [3.63, 3.8) is 0 Å². The molecule has 156 valence electrons. The maximum absolute atomic E-state index is 12.6. The average Bonchev–Trinajstić information content (AvgIpc) is 3.27. The van der Waals surface area contributed by atoms with Crippen molar-refractivity contribution in [3.05, 3.63) is 39.0 Å². The van der Waals surface area contributed by atoms with Gasteiger partial charge in [0.2, 0.25) is 12.7 Å². The molecule has 30 heavy (non-hydrogen) atoms. The van der Waals surface area contributed by atoms with E-state index in [-0.39, 0.29) is 18.1 Å². The highest BCUT2D eigenvalue weighted by Gasteiger charge is 2.17. The molecule has 3 heterocycles. The van der Waals surface area contributed by atoms with Crippen molar-refractivity contribution < 1.29 is 19.1 Å². The van der Waals surface area contributed by atoms with Gasteiger partial charge in [0.15, 0.2) is 16.7 Å². The molecule has 9 nitrogen and oxygen atoms in total. The molecule has 0 aliphatic carbocycles. The highest BCUT2D eigenvalue weighted by atomic mass is 32.2. The van der Waals surface area contributed by atoms with Crippen molar-refractivity contribution in [3.8, 4) is 11.5 Å². The molecular formula is C19H18N4O5S2. The first-order chi connectivity index (χ1) is 14.3. The smallest absolute Gasteiger partial charge is 0.325 e. The molecule has 0 bridgehead atoms. The molecule has 1 aliphatic rings. The van der Waals surface area contributed by atoms with Gasteiger partial charge in [-0.3, -0.25) is 19.5 Å². The summed E-state index contributed by atoms with van der Waals surface area (Å²) in [6.45, 7) is 3.98. The molecule has 0 saturated carbocycles. The van der Waals surface area contributed by atoms with Crippen LogP contribution in [-0.2, 0) is 11.8 Å². The highest BCUT2D eigenvalue weighted by molar-refractivity contribution is 7.99. The Morgan fingerprint density at radius 3 is 2.83 bits per heavy atom. The van der Waals surface area contributed by atoms with Crippen LogP contribution >= 0.6 is 23.1 Å². The number of carbonyl (C=O) groups excluding carboxylic acids is 2. The van der Waals surface area contributed by atoms with Crippen LogP contribution in [0.2, 0.25) is 0 Å². The molecule has 1 aromatic carbocycles. The van der Waals surface area contributed by atoms with Gasteiger partial charge in [-0.05, 0) is 31.5 Å². The van der Waals surface area contributed by atoms with Crippen LogP contribution in [-0.4, -0.2) is 34.0 Å². The highest BCUT2D eigenvalue weighted by Crippen LogP contribution is 2.34. The summed E-state index contributed by atoms with van der Waals surface area (Å²) in [5, 5.41) is 5.85. The summed E-state index contributed by atoms with van der Waals surface area (Å²) in [5.74, 6) is 0.547. The monoisotopic (exact) mass is 446 g/mol. The van der Waals surface area contributed by atoms with E-state index >= 15 is 0 Å².